The van der Waals surface area contributed by atoms with Crippen LogP contribution in [0.25, 0.3) is 0 Å². The van der Waals surface area contributed by atoms with Gasteiger partial charge in [-0.1, -0.05) is 25.3 Å². The van der Waals surface area contributed by atoms with Gasteiger partial charge in [0.1, 0.15) is 0 Å². The molecule has 1 aromatic carbocycles. The Morgan fingerprint density at radius 3 is 2.00 bits per heavy atom. The molecular weight excluding hydrogens is 320 g/mol. The molecule has 0 saturated carbocycles. The number of hydrogen-bond acceptors (Lipinski definition) is 5. The van der Waals surface area contributed by atoms with Crippen LogP contribution in [0.5, 0.6) is 0 Å². The molecule has 3 N–H and O–H groups in total. The number of hydrogen-bond donors (Lipinski definition) is 3. The van der Waals surface area contributed by atoms with Crippen molar-refractivity contribution in [2.75, 3.05) is 6.61 Å². The first-order chi connectivity index (χ1) is 11.2. The average molecular weight is 336 g/mol. The smallest absolute Gasteiger partial charge is 0.336 e. The summed E-state index contributed by atoms with van der Waals surface area (Å²) in [7, 11) is 0. The molecule has 128 valence electrons. The molecule has 8 nitrogen and oxygen atoms in total. The summed E-state index contributed by atoms with van der Waals surface area (Å²) in [6.45, 7) is 6.14. The second-order valence-corrected chi connectivity index (χ2v) is 4.11. The molecule has 0 aromatic heterocycles. The third kappa shape index (κ3) is 7.03. The summed E-state index contributed by atoms with van der Waals surface area (Å²) in [6, 6.07) is 4.14. The third-order valence-corrected chi connectivity index (χ3v) is 2.55. The molecule has 0 radical (unpaired) electrons. The Kier molecular flexibility index (Phi) is 8.86. The van der Waals surface area contributed by atoms with Crippen LogP contribution in [-0.2, 0) is 20.7 Å². The molecule has 0 saturated heterocycles. The lowest BCUT2D eigenvalue weighted by Gasteiger charge is -2.09. The molecule has 1 rings (SSSR count). The van der Waals surface area contributed by atoms with Gasteiger partial charge in [-0.25, -0.2) is 19.2 Å². The summed E-state index contributed by atoms with van der Waals surface area (Å²) in [5.41, 5.74) is -0.283. The number of ether oxygens (including phenoxy) is 1. The Morgan fingerprint density at radius 2 is 1.58 bits per heavy atom. The Labute approximate surface area is 137 Å². The van der Waals surface area contributed by atoms with Crippen LogP contribution < -0.4 is 0 Å². The number of aromatic carboxylic acids is 2. The van der Waals surface area contributed by atoms with Crippen molar-refractivity contribution in [3.8, 4) is 0 Å². The quantitative estimate of drug-likeness (QED) is 0.504. The number of rotatable bonds is 7. The standard InChI is InChI=1S/C13H12O6.C3H4O2/c1-2-10(14)19-7-6-8-4-3-5-9(12(15)16)11(8)13(17)18;1-2-3(4)5/h2-5H,1,6-7H2,(H,15,16)(H,17,18);2H,1H2,(H,4,5). The predicted molar refractivity (Wildman–Crippen MR) is 83.1 cm³/mol. The molecule has 0 fully saturated rings. The van der Waals surface area contributed by atoms with Crippen LogP contribution in [-0.4, -0.2) is 45.8 Å². The van der Waals surface area contributed by atoms with Crippen LogP contribution in [0, 0.1) is 0 Å². The maximum absolute atomic E-state index is 11.1. The van der Waals surface area contributed by atoms with Crippen LogP contribution >= 0.6 is 0 Å². The maximum atomic E-state index is 11.1. The lowest BCUT2D eigenvalue weighted by molar-refractivity contribution is -0.137. The van der Waals surface area contributed by atoms with Crippen LogP contribution in [0.4, 0.5) is 0 Å². The Morgan fingerprint density at radius 1 is 1.00 bits per heavy atom. The highest BCUT2D eigenvalue weighted by molar-refractivity contribution is 6.02. The fourth-order valence-corrected chi connectivity index (χ4v) is 1.56. The van der Waals surface area contributed by atoms with Crippen LogP contribution in [0.15, 0.2) is 43.5 Å². The number of carbonyl (C=O) groups excluding carboxylic acids is 1. The molecule has 0 heterocycles. The number of carboxylic acids is 3. The molecule has 0 aliphatic carbocycles. The molecule has 0 atom stereocenters. The van der Waals surface area contributed by atoms with E-state index in [1.165, 1.54) is 18.2 Å². The Hall–Kier alpha value is -3.42. The molecule has 24 heavy (non-hydrogen) atoms. The fraction of sp³-hybridized carbons (Fsp3) is 0.125. The summed E-state index contributed by atoms with van der Waals surface area (Å²) in [6.07, 6.45) is 1.94. The monoisotopic (exact) mass is 336 g/mol. The van der Waals surface area contributed by atoms with Gasteiger partial charge in [0.2, 0.25) is 0 Å². The van der Waals surface area contributed by atoms with Gasteiger partial charge in [0.05, 0.1) is 17.7 Å². The lowest BCUT2D eigenvalue weighted by atomic mass is 9.99. The molecule has 0 aliphatic rings. The normalized spacial score (nSPS) is 9.00. The zero-order valence-electron chi connectivity index (χ0n) is 12.6. The number of esters is 1. The first-order valence-corrected chi connectivity index (χ1v) is 6.47. The van der Waals surface area contributed by atoms with Gasteiger partial charge in [-0.15, -0.1) is 0 Å². The van der Waals surface area contributed by atoms with Crippen molar-refractivity contribution >= 4 is 23.9 Å². The van der Waals surface area contributed by atoms with Gasteiger partial charge in [0.15, 0.2) is 0 Å². The van der Waals surface area contributed by atoms with Gasteiger partial charge in [-0.05, 0) is 11.6 Å². The van der Waals surface area contributed by atoms with E-state index >= 15 is 0 Å². The van der Waals surface area contributed by atoms with E-state index in [2.05, 4.69) is 13.2 Å². The van der Waals surface area contributed by atoms with E-state index in [9.17, 15) is 19.2 Å². The van der Waals surface area contributed by atoms with Gasteiger partial charge >= 0.3 is 23.9 Å². The van der Waals surface area contributed by atoms with Gasteiger partial charge in [-0.3, -0.25) is 0 Å². The first kappa shape index (κ1) is 20.6. The van der Waals surface area contributed by atoms with Crippen molar-refractivity contribution in [3.05, 3.63) is 60.2 Å². The van der Waals surface area contributed by atoms with Crippen molar-refractivity contribution in [1.29, 1.82) is 0 Å². The molecule has 0 bridgehead atoms. The molecular formula is C16H16O8. The summed E-state index contributed by atoms with van der Waals surface area (Å²) >= 11 is 0. The van der Waals surface area contributed by atoms with Gasteiger partial charge in [-0.2, -0.15) is 0 Å². The highest BCUT2D eigenvalue weighted by Crippen LogP contribution is 2.16. The van der Waals surface area contributed by atoms with E-state index in [-0.39, 0.29) is 24.2 Å². The van der Waals surface area contributed by atoms with E-state index in [1.54, 1.807) is 0 Å². The molecule has 0 unspecified atom stereocenters. The Bertz CT molecular complexity index is 660. The number of carboxylic acid groups (broad SMARTS) is 3. The van der Waals surface area contributed by atoms with Crippen LogP contribution in [0.3, 0.4) is 0 Å². The summed E-state index contributed by atoms with van der Waals surface area (Å²) < 4.78 is 4.73. The molecule has 8 heteroatoms. The fourth-order valence-electron chi connectivity index (χ4n) is 1.56. The van der Waals surface area contributed by atoms with Crippen molar-refractivity contribution in [3.63, 3.8) is 0 Å². The second kappa shape index (κ2) is 10.3. The zero-order chi connectivity index (χ0) is 18.7. The van der Waals surface area contributed by atoms with Crippen LogP contribution in [0.1, 0.15) is 26.3 Å². The highest BCUT2D eigenvalue weighted by atomic mass is 16.5. The minimum absolute atomic E-state index is 0.0474. The highest BCUT2D eigenvalue weighted by Gasteiger charge is 2.19. The SMILES string of the molecule is C=CC(=O)O.C=CC(=O)OCCc1cccc(C(=O)O)c1C(=O)O. The van der Waals surface area contributed by atoms with Crippen molar-refractivity contribution in [1.82, 2.24) is 0 Å². The lowest BCUT2D eigenvalue weighted by Crippen LogP contribution is -2.13. The van der Waals surface area contributed by atoms with Gasteiger partial charge < -0.3 is 20.1 Å². The van der Waals surface area contributed by atoms with Crippen molar-refractivity contribution < 1.29 is 39.2 Å². The number of aliphatic carboxylic acids is 1. The molecule has 0 aliphatic heterocycles. The third-order valence-electron chi connectivity index (χ3n) is 2.55. The molecule has 0 spiro atoms. The predicted octanol–water partition coefficient (Wildman–Crippen LogP) is 1.61. The minimum atomic E-state index is -1.33. The van der Waals surface area contributed by atoms with E-state index < -0.39 is 23.9 Å². The summed E-state index contributed by atoms with van der Waals surface area (Å²) in [5.74, 6) is -4.25. The van der Waals surface area contributed by atoms with E-state index in [4.69, 9.17) is 20.1 Å². The number of benzene rings is 1. The van der Waals surface area contributed by atoms with Gasteiger partial charge in [0, 0.05) is 18.6 Å². The van der Waals surface area contributed by atoms with E-state index in [1.807, 2.05) is 0 Å². The topological polar surface area (TPSA) is 138 Å². The molecule has 0 amide bonds. The Balaban J connectivity index is 0.000000922. The van der Waals surface area contributed by atoms with Crippen LogP contribution in [0.2, 0.25) is 0 Å². The maximum Gasteiger partial charge on any atom is 0.336 e. The summed E-state index contributed by atoms with van der Waals surface area (Å²) in [5, 5.41) is 25.6. The summed E-state index contributed by atoms with van der Waals surface area (Å²) in [4.78, 5) is 42.2. The van der Waals surface area contributed by atoms with E-state index in [0.29, 0.717) is 5.56 Å². The minimum Gasteiger partial charge on any atom is -0.478 e. The van der Waals surface area contributed by atoms with Gasteiger partial charge in [0.25, 0.3) is 0 Å². The van der Waals surface area contributed by atoms with E-state index in [0.717, 1.165) is 12.2 Å². The zero-order valence-corrected chi connectivity index (χ0v) is 12.6. The average Bonchev–Trinajstić information content (AvgIpc) is 2.54. The first-order valence-electron chi connectivity index (χ1n) is 6.47. The van der Waals surface area contributed by atoms with Crippen molar-refractivity contribution in [2.45, 2.75) is 6.42 Å². The van der Waals surface area contributed by atoms with Crippen molar-refractivity contribution in [2.24, 2.45) is 0 Å². The molecule has 1 aromatic rings. The second-order valence-electron chi connectivity index (χ2n) is 4.11. The largest absolute Gasteiger partial charge is 0.478 e. The number of carbonyl (C=O) groups is 4.